The molecule has 1 amide bonds. The number of benzene rings is 3. The fraction of sp³-hybridized carbons (Fsp3) is 0.0526. The molecule has 0 saturated heterocycles. The minimum atomic E-state index is -0.752. The summed E-state index contributed by atoms with van der Waals surface area (Å²) in [4.78, 5) is 33.4. The van der Waals surface area contributed by atoms with Crippen molar-refractivity contribution in [1.29, 1.82) is 0 Å². The van der Waals surface area contributed by atoms with E-state index >= 15 is 0 Å². The highest BCUT2D eigenvalue weighted by atomic mass is 16.6. The first-order valence-corrected chi connectivity index (χ1v) is 7.68. The smallest absolute Gasteiger partial charge is 0.276 e. The van der Waals surface area contributed by atoms with Crippen molar-refractivity contribution in [2.45, 2.75) is 6.61 Å². The molecule has 130 valence electrons. The van der Waals surface area contributed by atoms with Crippen LogP contribution >= 0.6 is 0 Å². The van der Waals surface area contributed by atoms with Crippen LogP contribution in [0.15, 0.2) is 54.6 Å². The van der Waals surface area contributed by atoms with E-state index in [4.69, 9.17) is 10.5 Å². The molecule has 0 unspecified atom stereocenters. The number of nitro benzene ring substituents is 1. The van der Waals surface area contributed by atoms with Crippen LogP contribution in [0.1, 0.15) is 26.3 Å². The quantitative estimate of drug-likeness (QED) is 0.416. The molecule has 3 rings (SSSR count). The van der Waals surface area contributed by atoms with Gasteiger partial charge < -0.3 is 10.5 Å². The zero-order chi connectivity index (χ0) is 18.7. The molecule has 0 heterocycles. The summed E-state index contributed by atoms with van der Waals surface area (Å²) in [5.74, 6) is -0.426. The predicted molar refractivity (Wildman–Crippen MR) is 95.3 cm³/mol. The van der Waals surface area contributed by atoms with Gasteiger partial charge in [-0.25, -0.2) is 0 Å². The maximum atomic E-state index is 11.5. The van der Waals surface area contributed by atoms with E-state index in [1.165, 1.54) is 12.1 Å². The summed E-state index contributed by atoms with van der Waals surface area (Å²) in [6.45, 7) is -0.130. The van der Waals surface area contributed by atoms with E-state index in [1.54, 1.807) is 12.1 Å². The van der Waals surface area contributed by atoms with E-state index in [1.807, 2.05) is 24.3 Å². The van der Waals surface area contributed by atoms with E-state index < -0.39 is 10.8 Å². The number of carbonyl (C=O) groups excluding carboxylic acids is 2. The van der Waals surface area contributed by atoms with Crippen LogP contribution in [0.2, 0.25) is 0 Å². The van der Waals surface area contributed by atoms with Crippen molar-refractivity contribution in [1.82, 2.24) is 0 Å². The predicted octanol–water partition coefficient (Wildman–Crippen LogP) is 3.24. The molecule has 0 spiro atoms. The van der Waals surface area contributed by atoms with Gasteiger partial charge in [-0.15, -0.1) is 0 Å². The molecule has 0 fully saturated rings. The Morgan fingerprint density at radius 1 is 1.15 bits per heavy atom. The molecular formula is C19H14N2O5. The topological polar surface area (TPSA) is 113 Å². The molecule has 7 heteroatoms. The second-order valence-electron chi connectivity index (χ2n) is 5.57. The minimum absolute atomic E-state index is 0.0414. The van der Waals surface area contributed by atoms with Crippen LogP contribution in [0.3, 0.4) is 0 Å². The Labute approximate surface area is 148 Å². The SMILES string of the molecule is NC(=O)c1ccc(COc2ccc3ccccc3c2C=O)c([N+](=O)[O-])c1. The van der Waals surface area contributed by atoms with Gasteiger partial charge in [-0.3, -0.25) is 19.7 Å². The largest absolute Gasteiger partial charge is 0.488 e. The molecule has 0 aromatic heterocycles. The number of aldehydes is 1. The minimum Gasteiger partial charge on any atom is -0.488 e. The zero-order valence-corrected chi connectivity index (χ0v) is 13.5. The van der Waals surface area contributed by atoms with Crippen LogP contribution in [-0.2, 0) is 6.61 Å². The van der Waals surface area contributed by atoms with Gasteiger partial charge in [0.05, 0.1) is 16.1 Å². The number of hydrogen-bond donors (Lipinski definition) is 1. The summed E-state index contributed by atoms with van der Waals surface area (Å²) < 4.78 is 5.66. The van der Waals surface area contributed by atoms with Crippen LogP contribution in [0, 0.1) is 10.1 Å². The number of nitro groups is 1. The fourth-order valence-electron chi connectivity index (χ4n) is 2.69. The van der Waals surface area contributed by atoms with Crippen molar-refractivity contribution >= 4 is 28.7 Å². The number of nitrogens with two attached hydrogens (primary N) is 1. The van der Waals surface area contributed by atoms with Crippen molar-refractivity contribution in [3.8, 4) is 5.75 Å². The Morgan fingerprint density at radius 2 is 1.92 bits per heavy atom. The first-order valence-electron chi connectivity index (χ1n) is 7.68. The number of carbonyl (C=O) groups is 2. The van der Waals surface area contributed by atoms with Crippen molar-refractivity contribution in [3.63, 3.8) is 0 Å². The summed E-state index contributed by atoms with van der Waals surface area (Å²) in [5, 5.41) is 12.9. The maximum Gasteiger partial charge on any atom is 0.276 e. The Bertz CT molecular complexity index is 1030. The van der Waals surface area contributed by atoms with Gasteiger partial charge >= 0.3 is 0 Å². The fourth-order valence-corrected chi connectivity index (χ4v) is 2.69. The molecule has 3 aromatic rings. The van der Waals surface area contributed by atoms with Gasteiger partial charge in [-0.1, -0.05) is 30.3 Å². The molecule has 0 atom stereocenters. The lowest BCUT2D eigenvalue weighted by Crippen LogP contribution is -2.12. The van der Waals surface area contributed by atoms with Gasteiger partial charge in [0.15, 0.2) is 6.29 Å². The van der Waals surface area contributed by atoms with Crippen molar-refractivity contribution in [2.24, 2.45) is 5.73 Å². The second-order valence-corrected chi connectivity index (χ2v) is 5.57. The van der Waals surface area contributed by atoms with Crippen LogP contribution in [-0.4, -0.2) is 17.1 Å². The van der Waals surface area contributed by atoms with Crippen LogP contribution in [0.5, 0.6) is 5.75 Å². The molecule has 0 aliphatic rings. The van der Waals surface area contributed by atoms with E-state index in [9.17, 15) is 19.7 Å². The van der Waals surface area contributed by atoms with Gasteiger partial charge in [0.25, 0.3) is 5.69 Å². The Hall–Kier alpha value is -3.74. The number of amides is 1. The molecule has 0 bridgehead atoms. The number of nitrogens with zero attached hydrogens (tertiary/aromatic N) is 1. The third-order valence-electron chi connectivity index (χ3n) is 4.00. The summed E-state index contributed by atoms with van der Waals surface area (Å²) in [5.41, 5.74) is 5.57. The van der Waals surface area contributed by atoms with Crippen molar-refractivity contribution < 1.29 is 19.2 Å². The van der Waals surface area contributed by atoms with Gasteiger partial charge in [-0.2, -0.15) is 0 Å². The number of rotatable bonds is 6. The van der Waals surface area contributed by atoms with E-state index in [-0.39, 0.29) is 23.4 Å². The van der Waals surface area contributed by atoms with E-state index in [0.29, 0.717) is 17.6 Å². The summed E-state index contributed by atoms with van der Waals surface area (Å²) in [7, 11) is 0. The lowest BCUT2D eigenvalue weighted by atomic mass is 10.0. The lowest BCUT2D eigenvalue weighted by Gasteiger charge is -2.11. The lowest BCUT2D eigenvalue weighted by molar-refractivity contribution is -0.385. The molecule has 3 aromatic carbocycles. The molecule has 26 heavy (non-hydrogen) atoms. The first kappa shape index (κ1) is 17.1. The Morgan fingerprint density at radius 3 is 2.62 bits per heavy atom. The van der Waals surface area contributed by atoms with Crippen molar-refractivity contribution in [3.05, 3.63) is 81.4 Å². The normalized spacial score (nSPS) is 10.5. The molecule has 7 nitrogen and oxygen atoms in total. The monoisotopic (exact) mass is 350 g/mol. The maximum absolute atomic E-state index is 11.5. The van der Waals surface area contributed by atoms with E-state index in [0.717, 1.165) is 16.8 Å². The first-order chi connectivity index (χ1) is 12.5. The summed E-state index contributed by atoms with van der Waals surface area (Å²) in [6.07, 6.45) is 0.697. The average Bonchev–Trinajstić information content (AvgIpc) is 2.65. The molecule has 0 saturated carbocycles. The number of primary amides is 1. The molecule has 2 N–H and O–H groups in total. The van der Waals surface area contributed by atoms with Crippen LogP contribution in [0.25, 0.3) is 10.8 Å². The highest BCUT2D eigenvalue weighted by molar-refractivity contribution is 6.00. The highest BCUT2D eigenvalue weighted by Crippen LogP contribution is 2.28. The van der Waals surface area contributed by atoms with Crippen LogP contribution < -0.4 is 10.5 Å². The van der Waals surface area contributed by atoms with Gasteiger partial charge in [0.2, 0.25) is 5.91 Å². The standard InChI is InChI=1S/C19H14N2O5/c20-19(23)13-5-6-14(17(9-13)21(24)25)11-26-18-8-7-12-3-1-2-4-15(12)16(18)10-22/h1-10H,11H2,(H2,20,23). The summed E-state index contributed by atoms with van der Waals surface area (Å²) in [6, 6.07) is 14.7. The van der Waals surface area contributed by atoms with Crippen LogP contribution in [0.4, 0.5) is 5.69 Å². The number of hydrogen-bond acceptors (Lipinski definition) is 5. The van der Waals surface area contributed by atoms with Crippen molar-refractivity contribution in [2.75, 3.05) is 0 Å². The van der Waals surface area contributed by atoms with Gasteiger partial charge in [0.1, 0.15) is 12.4 Å². The zero-order valence-electron chi connectivity index (χ0n) is 13.5. The van der Waals surface area contributed by atoms with Gasteiger partial charge in [-0.05, 0) is 29.0 Å². The Balaban J connectivity index is 1.94. The third-order valence-corrected chi connectivity index (χ3v) is 4.00. The molecular weight excluding hydrogens is 336 g/mol. The number of fused-ring (bicyclic) bond motifs is 1. The third kappa shape index (κ3) is 3.23. The highest BCUT2D eigenvalue weighted by Gasteiger charge is 2.18. The molecule has 0 aliphatic carbocycles. The Kier molecular flexibility index (Phi) is 4.62. The van der Waals surface area contributed by atoms with E-state index in [2.05, 4.69) is 0 Å². The molecule has 0 aliphatic heterocycles. The molecule has 0 radical (unpaired) electrons. The average molecular weight is 350 g/mol. The number of ether oxygens (including phenoxy) is 1. The van der Waals surface area contributed by atoms with Gasteiger partial charge in [0, 0.05) is 11.6 Å². The summed E-state index contributed by atoms with van der Waals surface area (Å²) >= 11 is 0. The second kappa shape index (κ2) is 7.02.